The van der Waals surface area contributed by atoms with E-state index in [1.165, 1.54) is 308 Å². The van der Waals surface area contributed by atoms with Gasteiger partial charge in [-0.25, -0.2) is 0 Å². The molecule has 74 heavy (non-hydrogen) atoms. The van der Waals surface area contributed by atoms with Crippen molar-refractivity contribution in [3.8, 4) is 0 Å². The second-order valence-corrected chi connectivity index (χ2v) is 23.5. The average Bonchev–Trinajstić information content (AvgIpc) is 3.40. The molecule has 2 unspecified atom stereocenters. The van der Waals surface area contributed by atoms with Crippen LogP contribution in [0.2, 0.25) is 0 Å². The van der Waals surface area contributed by atoms with Crippen LogP contribution in [-0.4, -0.2) is 47.4 Å². The van der Waals surface area contributed by atoms with Crippen LogP contribution < -0.4 is 5.32 Å². The predicted octanol–water partition coefficient (Wildman–Crippen LogP) is 21.6. The summed E-state index contributed by atoms with van der Waals surface area (Å²) in [6.07, 6.45) is 78.1. The third kappa shape index (κ3) is 59.8. The number of nitrogens with one attached hydrogen (secondary N) is 1. The predicted molar refractivity (Wildman–Crippen MR) is 324 cm³/mol. The minimum absolute atomic E-state index is 0.00702. The van der Waals surface area contributed by atoms with Crippen LogP contribution in [0.25, 0.3) is 0 Å². The molecule has 0 aromatic carbocycles. The van der Waals surface area contributed by atoms with Crippen LogP contribution in [0.15, 0.2) is 12.2 Å². The molecule has 0 saturated heterocycles. The lowest BCUT2D eigenvalue weighted by molar-refractivity contribution is -0.143. The van der Waals surface area contributed by atoms with Crippen molar-refractivity contribution in [1.82, 2.24) is 5.32 Å². The highest BCUT2D eigenvalue weighted by molar-refractivity contribution is 5.76. The van der Waals surface area contributed by atoms with Gasteiger partial charge in [-0.1, -0.05) is 334 Å². The smallest absolute Gasteiger partial charge is 0.305 e. The van der Waals surface area contributed by atoms with Gasteiger partial charge in [0.25, 0.3) is 0 Å². The molecule has 0 fully saturated rings. The Bertz CT molecular complexity index is 1110. The van der Waals surface area contributed by atoms with Crippen LogP contribution in [0.1, 0.15) is 386 Å². The van der Waals surface area contributed by atoms with E-state index in [2.05, 4.69) is 31.3 Å². The maximum atomic E-state index is 12.5. The molecule has 3 N–H and O–H groups in total. The number of esters is 1. The lowest BCUT2D eigenvalue weighted by Crippen LogP contribution is -2.45. The molecular formula is C68H133NO5. The lowest BCUT2D eigenvalue weighted by atomic mass is 10.0. The Labute approximate surface area is 463 Å². The molecule has 0 aliphatic carbocycles. The van der Waals surface area contributed by atoms with Crippen molar-refractivity contribution in [1.29, 1.82) is 0 Å². The van der Waals surface area contributed by atoms with E-state index >= 15 is 0 Å². The summed E-state index contributed by atoms with van der Waals surface area (Å²) in [6, 6.07) is -0.542. The van der Waals surface area contributed by atoms with Gasteiger partial charge in [0.2, 0.25) is 5.91 Å². The second kappa shape index (κ2) is 64.1. The van der Waals surface area contributed by atoms with E-state index in [4.69, 9.17) is 4.74 Å². The monoisotopic (exact) mass is 1040 g/mol. The number of ether oxygens (including phenoxy) is 1. The Hall–Kier alpha value is -1.40. The van der Waals surface area contributed by atoms with Gasteiger partial charge in [0.05, 0.1) is 25.4 Å². The van der Waals surface area contributed by atoms with Crippen molar-refractivity contribution in [2.45, 2.75) is 398 Å². The van der Waals surface area contributed by atoms with Gasteiger partial charge in [-0.15, -0.1) is 0 Å². The Morgan fingerprint density at radius 3 is 0.959 bits per heavy atom. The topological polar surface area (TPSA) is 95.9 Å². The Morgan fingerprint density at radius 2 is 0.635 bits per heavy atom. The standard InChI is InChI=1S/C68H133NO5/c1-3-5-7-9-11-13-15-17-19-21-26-29-32-36-40-44-48-52-56-60-66(71)65(64-70)69-67(72)61-57-53-49-45-41-37-33-30-27-24-22-23-25-28-31-35-39-43-47-51-55-59-63-74-68(73)62-58-54-50-46-42-38-34-20-18-16-14-12-10-8-6-4-2/h20,34,65-66,70-71H,3-19,21-33,35-64H2,1-2H3,(H,69,72)/b34-20-. The number of hydrogen-bond acceptors (Lipinski definition) is 5. The summed E-state index contributed by atoms with van der Waals surface area (Å²) >= 11 is 0. The number of carbonyl (C=O) groups is 2. The van der Waals surface area contributed by atoms with Crippen molar-refractivity contribution in [3.05, 3.63) is 12.2 Å². The van der Waals surface area contributed by atoms with Gasteiger partial charge in [-0.3, -0.25) is 9.59 Å². The lowest BCUT2D eigenvalue weighted by Gasteiger charge is -2.22. The first-order valence-corrected chi connectivity index (χ1v) is 33.9. The first-order chi connectivity index (χ1) is 36.5. The molecule has 440 valence electrons. The number of hydrogen-bond donors (Lipinski definition) is 3. The minimum Gasteiger partial charge on any atom is -0.466 e. The molecule has 0 saturated carbocycles. The number of allylic oxidation sites excluding steroid dienone is 2. The van der Waals surface area contributed by atoms with E-state index in [1.807, 2.05) is 0 Å². The highest BCUT2D eigenvalue weighted by Gasteiger charge is 2.20. The Balaban J connectivity index is 3.37. The molecule has 0 heterocycles. The molecule has 2 atom stereocenters. The van der Waals surface area contributed by atoms with E-state index in [1.54, 1.807) is 0 Å². The summed E-state index contributed by atoms with van der Waals surface area (Å²) in [5, 5.41) is 23.4. The van der Waals surface area contributed by atoms with Crippen LogP contribution in [0, 0.1) is 0 Å². The fraction of sp³-hybridized carbons (Fsp3) is 0.941. The van der Waals surface area contributed by atoms with Crippen LogP contribution in [0.5, 0.6) is 0 Å². The number of aliphatic hydroxyl groups is 2. The van der Waals surface area contributed by atoms with Crippen molar-refractivity contribution in [2.24, 2.45) is 0 Å². The van der Waals surface area contributed by atoms with Crippen molar-refractivity contribution >= 4 is 11.9 Å². The van der Waals surface area contributed by atoms with E-state index in [0.717, 1.165) is 44.9 Å². The van der Waals surface area contributed by atoms with Crippen LogP contribution in [-0.2, 0) is 14.3 Å². The number of carbonyl (C=O) groups excluding carboxylic acids is 2. The first kappa shape index (κ1) is 72.6. The molecule has 0 aromatic heterocycles. The number of unbranched alkanes of at least 4 members (excludes halogenated alkanes) is 51. The van der Waals surface area contributed by atoms with Gasteiger partial charge in [0, 0.05) is 12.8 Å². The molecule has 0 aromatic rings. The molecule has 0 rings (SSSR count). The molecular weight excluding hydrogens is 911 g/mol. The summed E-state index contributed by atoms with van der Waals surface area (Å²) in [7, 11) is 0. The number of amides is 1. The fourth-order valence-corrected chi connectivity index (χ4v) is 10.9. The molecule has 0 aliphatic rings. The van der Waals surface area contributed by atoms with Gasteiger partial charge < -0.3 is 20.3 Å². The minimum atomic E-state index is -0.665. The maximum Gasteiger partial charge on any atom is 0.305 e. The summed E-state index contributed by atoms with van der Waals surface area (Å²) in [6.45, 7) is 4.98. The van der Waals surface area contributed by atoms with Gasteiger partial charge in [-0.05, 0) is 51.4 Å². The summed E-state index contributed by atoms with van der Waals surface area (Å²) in [4.78, 5) is 24.6. The van der Waals surface area contributed by atoms with Crippen molar-refractivity contribution < 1.29 is 24.5 Å². The number of rotatable bonds is 64. The van der Waals surface area contributed by atoms with Gasteiger partial charge >= 0.3 is 5.97 Å². The fourth-order valence-electron chi connectivity index (χ4n) is 10.9. The highest BCUT2D eigenvalue weighted by Crippen LogP contribution is 2.19. The number of aliphatic hydroxyl groups excluding tert-OH is 2. The largest absolute Gasteiger partial charge is 0.466 e. The molecule has 6 heteroatoms. The summed E-state index contributed by atoms with van der Waals surface area (Å²) < 4.78 is 5.49. The zero-order valence-corrected chi connectivity index (χ0v) is 50.4. The summed E-state index contributed by atoms with van der Waals surface area (Å²) in [5.74, 6) is -0.0240. The zero-order valence-electron chi connectivity index (χ0n) is 50.4. The van der Waals surface area contributed by atoms with Crippen LogP contribution >= 0.6 is 0 Å². The Morgan fingerprint density at radius 1 is 0.365 bits per heavy atom. The zero-order chi connectivity index (χ0) is 53.6. The van der Waals surface area contributed by atoms with Gasteiger partial charge in [0.1, 0.15) is 0 Å². The molecule has 0 radical (unpaired) electrons. The normalized spacial score (nSPS) is 12.5. The first-order valence-electron chi connectivity index (χ1n) is 33.9. The molecule has 6 nitrogen and oxygen atoms in total. The SMILES string of the molecule is CCCCCCCCC/C=C\CCCCCCCC(=O)OCCCCCCCCCCCCCCCCCCCCCCCCC(=O)NC(CO)C(O)CCCCCCCCCCCCCCCCCCCCC. The third-order valence-corrected chi connectivity index (χ3v) is 16.1. The summed E-state index contributed by atoms with van der Waals surface area (Å²) in [5.41, 5.74) is 0. The average molecular weight is 1040 g/mol. The Kier molecular flexibility index (Phi) is 62.9. The quantitative estimate of drug-likeness (QED) is 0.0320. The third-order valence-electron chi connectivity index (χ3n) is 16.1. The van der Waals surface area contributed by atoms with Crippen LogP contribution in [0.3, 0.4) is 0 Å². The highest BCUT2D eigenvalue weighted by atomic mass is 16.5. The van der Waals surface area contributed by atoms with Crippen molar-refractivity contribution in [2.75, 3.05) is 13.2 Å². The van der Waals surface area contributed by atoms with Crippen LogP contribution in [0.4, 0.5) is 0 Å². The molecule has 0 spiro atoms. The second-order valence-electron chi connectivity index (χ2n) is 23.5. The molecule has 0 bridgehead atoms. The van der Waals surface area contributed by atoms with E-state index in [-0.39, 0.29) is 18.5 Å². The van der Waals surface area contributed by atoms with Gasteiger partial charge in [0.15, 0.2) is 0 Å². The van der Waals surface area contributed by atoms with E-state index in [0.29, 0.717) is 25.9 Å². The van der Waals surface area contributed by atoms with Gasteiger partial charge in [-0.2, -0.15) is 0 Å². The molecule has 0 aliphatic heterocycles. The van der Waals surface area contributed by atoms with E-state index < -0.39 is 12.1 Å². The molecule has 1 amide bonds. The maximum absolute atomic E-state index is 12.5. The van der Waals surface area contributed by atoms with E-state index in [9.17, 15) is 19.8 Å². The van der Waals surface area contributed by atoms with Crippen molar-refractivity contribution in [3.63, 3.8) is 0 Å².